The van der Waals surface area contributed by atoms with Crippen molar-refractivity contribution in [2.45, 2.75) is 20.0 Å². The standard InChI is InChI=1S/C17H22N2O/c1-13-6-4-8-15(11-18)17(13)19(2)12-14-7-5-9-16(10-14)20-3/h4-10H,11-12,18H2,1-3H3. The number of aryl methyl sites for hydroxylation is 1. The predicted octanol–water partition coefficient (Wildman–Crippen LogP) is 3.10. The molecular weight excluding hydrogens is 248 g/mol. The molecule has 0 aliphatic carbocycles. The maximum Gasteiger partial charge on any atom is 0.119 e. The fourth-order valence-electron chi connectivity index (χ4n) is 2.55. The van der Waals surface area contributed by atoms with Crippen LogP contribution in [0.15, 0.2) is 42.5 Å². The zero-order valence-electron chi connectivity index (χ0n) is 12.4. The Balaban J connectivity index is 2.25. The Hall–Kier alpha value is -2.00. The molecule has 2 aromatic carbocycles. The van der Waals surface area contributed by atoms with Gasteiger partial charge in [-0.15, -0.1) is 0 Å². The zero-order chi connectivity index (χ0) is 14.5. The normalized spacial score (nSPS) is 10.4. The van der Waals surface area contributed by atoms with Crippen molar-refractivity contribution in [2.75, 3.05) is 19.1 Å². The highest BCUT2D eigenvalue weighted by atomic mass is 16.5. The summed E-state index contributed by atoms with van der Waals surface area (Å²) < 4.78 is 5.27. The summed E-state index contributed by atoms with van der Waals surface area (Å²) >= 11 is 0. The molecule has 0 aliphatic heterocycles. The lowest BCUT2D eigenvalue weighted by Crippen LogP contribution is -2.20. The van der Waals surface area contributed by atoms with Crippen molar-refractivity contribution in [1.29, 1.82) is 0 Å². The molecule has 0 saturated heterocycles. The van der Waals surface area contributed by atoms with Gasteiger partial charge in [-0.2, -0.15) is 0 Å². The molecule has 20 heavy (non-hydrogen) atoms. The maximum atomic E-state index is 5.85. The van der Waals surface area contributed by atoms with Gasteiger partial charge in [0.15, 0.2) is 0 Å². The summed E-state index contributed by atoms with van der Waals surface area (Å²) in [5.41, 5.74) is 10.7. The summed E-state index contributed by atoms with van der Waals surface area (Å²) in [6.07, 6.45) is 0. The van der Waals surface area contributed by atoms with E-state index in [-0.39, 0.29) is 0 Å². The number of nitrogens with zero attached hydrogens (tertiary/aromatic N) is 1. The minimum absolute atomic E-state index is 0.555. The summed E-state index contributed by atoms with van der Waals surface area (Å²) in [6.45, 7) is 3.51. The van der Waals surface area contributed by atoms with Gasteiger partial charge in [0.05, 0.1) is 7.11 Å². The summed E-state index contributed by atoms with van der Waals surface area (Å²) in [6, 6.07) is 14.4. The van der Waals surface area contributed by atoms with Crippen molar-refractivity contribution in [2.24, 2.45) is 5.73 Å². The molecule has 2 aromatic rings. The second kappa shape index (κ2) is 6.44. The number of rotatable bonds is 5. The van der Waals surface area contributed by atoms with Crippen LogP contribution < -0.4 is 15.4 Å². The molecule has 0 aromatic heterocycles. The van der Waals surface area contributed by atoms with E-state index in [1.54, 1.807) is 7.11 Å². The van der Waals surface area contributed by atoms with E-state index in [0.717, 1.165) is 12.3 Å². The number of para-hydroxylation sites is 1. The van der Waals surface area contributed by atoms with Gasteiger partial charge in [0.25, 0.3) is 0 Å². The lowest BCUT2D eigenvalue weighted by atomic mass is 10.1. The van der Waals surface area contributed by atoms with Gasteiger partial charge in [-0.25, -0.2) is 0 Å². The van der Waals surface area contributed by atoms with E-state index in [9.17, 15) is 0 Å². The first-order valence-corrected chi connectivity index (χ1v) is 6.78. The lowest BCUT2D eigenvalue weighted by molar-refractivity contribution is 0.414. The van der Waals surface area contributed by atoms with E-state index in [1.165, 1.54) is 22.4 Å². The molecule has 106 valence electrons. The first-order chi connectivity index (χ1) is 9.65. The van der Waals surface area contributed by atoms with Gasteiger partial charge >= 0.3 is 0 Å². The fraction of sp³-hybridized carbons (Fsp3) is 0.294. The average Bonchev–Trinajstić information content (AvgIpc) is 2.46. The predicted molar refractivity (Wildman–Crippen MR) is 84.2 cm³/mol. The minimum Gasteiger partial charge on any atom is -0.497 e. The Morgan fingerprint density at radius 2 is 1.90 bits per heavy atom. The Morgan fingerprint density at radius 3 is 2.60 bits per heavy atom. The van der Waals surface area contributed by atoms with Crippen LogP contribution in [0.5, 0.6) is 5.75 Å². The second-order valence-corrected chi connectivity index (χ2v) is 4.99. The molecule has 0 aliphatic rings. The minimum atomic E-state index is 0.555. The van der Waals surface area contributed by atoms with Gasteiger partial charge in [-0.3, -0.25) is 0 Å². The Labute approximate surface area is 121 Å². The molecule has 2 N–H and O–H groups in total. The third kappa shape index (κ3) is 3.11. The van der Waals surface area contributed by atoms with Crippen LogP contribution in [0.2, 0.25) is 0 Å². The lowest BCUT2D eigenvalue weighted by Gasteiger charge is -2.24. The third-order valence-electron chi connectivity index (χ3n) is 3.48. The van der Waals surface area contributed by atoms with E-state index in [1.807, 2.05) is 12.1 Å². The van der Waals surface area contributed by atoms with Gasteiger partial charge in [-0.05, 0) is 35.7 Å². The molecule has 0 atom stereocenters. The van der Waals surface area contributed by atoms with Gasteiger partial charge in [-0.1, -0.05) is 30.3 Å². The van der Waals surface area contributed by atoms with E-state index in [2.05, 4.69) is 49.2 Å². The molecule has 0 heterocycles. The number of hydrogen-bond acceptors (Lipinski definition) is 3. The van der Waals surface area contributed by atoms with Crippen molar-refractivity contribution < 1.29 is 4.74 Å². The van der Waals surface area contributed by atoms with Crippen LogP contribution in [-0.2, 0) is 13.1 Å². The van der Waals surface area contributed by atoms with Crippen molar-refractivity contribution >= 4 is 5.69 Å². The summed E-state index contributed by atoms with van der Waals surface area (Å²) in [4.78, 5) is 2.24. The molecule has 2 rings (SSSR count). The molecule has 0 fully saturated rings. The highest BCUT2D eigenvalue weighted by molar-refractivity contribution is 5.59. The van der Waals surface area contributed by atoms with Crippen LogP contribution in [-0.4, -0.2) is 14.2 Å². The van der Waals surface area contributed by atoms with Gasteiger partial charge in [0, 0.05) is 25.8 Å². The molecule has 3 nitrogen and oxygen atoms in total. The van der Waals surface area contributed by atoms with Gasteiger partial charge in [0.1, 0.15) is 5.75 Å². The monoisotopic (exact) mass is 270 g/mol. The summed E-state index contributed by atoms with van der Waals surface area (Å²) in [5, 5.41) is 0. The number of ether oxygens (including phenoxy) is 1. The fourth-order valence-corrected chi connectivity index (χ4v) is 2.55. The molecule has 0 unspecified atom stereocenters. The molecule has 3 heteroatoms. The topological polar surface area (TPSA) is 38.5 Å². The van der Waals surface area contributed by atoms with Crippen LogP contribution in [0.1, 0.15) is 16.7 Å². The summed E-state index contributed by atoms with van der Waals surface area (Å²) in [5.74, 6) is 0.889. The molecule has 0 spiro atoms. The number of hydrogen-bond donors (Lipinski definition) is 1. The van der Waals surface area contributed by atoms with E-state index < -0.39 is 0 Å². The molecule has 0 bridgehead atoms. The number of anilines is 1. The highest BCUT2D eigenvalue weighted by Gasteiger charge is 2.10. The molecule has 0 radical (unpaired) electrons. The zero-order valence-corrected chi connectivity index (χ0v) is 12.4. The van der Waals surface area contributed by atoms with Gasteiger partial charge in [0.2, 0.25) is 0 Å². The number of benzene rings is 2. The Kier molecular flexibility index (Phi) is 4.64. The van der Waals surface area contributed by atoms with Crippen molar-refractivity contribution in [3.63, 3.8) is 0 Å². The third-order valence-corrected chi connectivity index (χ3v) is 3.48. The Bertz CT molecular complexity index is 581. The van der Waals surface area contributed by atoms with Crippen LogP contribution in [0.25, 0.3) is 0 Å². The SMILES string of the molecule is COc1cccc(CN(C)c2c(C)cccc2CN)c1. The van der Waals surface area contributed by atoms with Crippen LogP contribution >= 0.6 is 0 Å². The maximum absolute atomic E-state index is 5.85. The first-order valence-electron chi connectivity index (χ1n) is 6.78. The first kappa shape index (κ1) is 14.4. The number of nitrogens with two attached hydrogens (primary N) is 1. The molecule has 0 amide bonds. The quantitative estimate of drug-likeness (QED) is 0.907. The van der Waals surface area contributed by atoms with E-state index in [0.29, 0.717) is 6.54 Å². The number of methoxy groups -OCH3 is 1. The summed E-state index contributed by atoms with van der Waals surface area (Å²) in [7, 11) is 3.79. The highest BCUT2D eigenvalue weighted by Crippen LogP contribution is 2.26. The smallest absolute Gasteiger partial charge is 0.119 e. The molecule has 0 saturated carbocycles. The van der Waals surface area contributed by atoms with Crippen LogP contribution in [0, 0.1) is 6.92 Å². The van der Waals surface area contributed by atoms with E-state index in [4.69, 9.17) is 10.5 Å². The Morgan fingerprint density at radius 1 is 1.15 bits per heavy atom. The van der Waals surface area contributed by atoms with Crippen molar-refractivity contribution in [3.05, 3.63) is 59.2 Å². The van der Waals surface area contributed by atoms with E-state index >= 15 is 0 Å². The average molecular weight is 270 g/mol. The van der Waals surface area contributed by atoms with Crippen LogP contribution in [0.3, 0.4) is 0 Å². The van der Waals surface area contributed by atoms with Gasteiger partial charge < -0.3 is 15.4 Å². The molecular formula is C17H22N2O. The van der Waals surface area contributed by atoms with Crippen LogP contribution in [0.4, 0.5) is 5.69 Å². The second-order valence-electron chi connectivity index (χ2n) is 4.99. The largest absolute Gasteiger partial charge is 0.497 e. The van der Waals surface area contributed by atoms with Crippen molar-refractivity contribution in [1.82, 2.24) is 0 Å². The van der Waals surface area contributed by atoms with Crippen molar-refractivity contribution in [3.8, 4) is 5.75 Å².